The number of likely N-dealkylation sites (tertiary alicyclic amines) is 1. The first-order valence-corrected chi connectivity index (χ1v) is 6.76. The molecule has 2 atom stereocenters. The Balaban J connectivity index is 2.13. The molecule has 0 amide bonds. The van der Waals surface area contributed by atoms with E-state index in [0.29, 0.717) is 12.6 Å². The molecule has 0 aromatic heterocycles. The highest BCUT2D eigenvalue weighted by Crippen LogP contribution is 2.15. The van der Waals surface area contributed by atoms with Crippen molar-refractivity contribution in [2.45, 2.75) is 32.4 Å². The Morgan fingerprint density at radius 2 is 2.18 bits per heavy atom. The molecule has 1 heterocycles. The van der Waals surface area contributed by atoms with Crippen molar-refractivity contribution in [3.05, 3.63) is 0 Å². The van der Waals surface area contributed by atoms with Gasteiger partial charge in [0.25, 0.3) is 0 Å². The minimum absolute atomic E-state index is 0.262. The number of nitrogens with zero attached hydrogens (tertiary/aromatic N) is 2. The lowest BCUT2D eigenvalue weighted by molar-refractivity contribution is 0.115. The van der Waals surface area contributed by atoms with Crippen LogP contribution in [0.1, 0.15) is 20.3 Å². The Morgan fingerprint density at radius 3 is 2.71 bits per heavy atom. The normalized spacial score (nSPS) is 23.8. The van der Waals surface area contributed by atoms with Crippen LogP contribution in [-0.2, 0) is 0 Å². The second-order valence-electron chi connectivity index (χ2n) is 5.85. The van der Waals surface area contributed by atoms with E-state index in [9.17, 15) is 5.11 Å². The van der Waals surface area contributed by atoms with Gasteiger partial charge in [0, 0.05) is 32.2 Å². The molecule has 4 heteroatoms. The van der Waals surface area contributed by atoms with E-state index in [0.717, 1.165) is 19.0 Å². The Bertz CT molecular complexity index is 211. The quantitative estimate of drug-likeness (QED) is 0.671. The van der Waals surface area contributed by atoms with Crippen LogP contribution in [0.3, 0.4) is 0 Å². The average Bonchev–Trinajstić information content (AvgIpc) is 2.60. The van der Waals surface area contributed by atoms with Crippen LogP contribution in [0.2, 0.25) is 0 Å². The molecular formula is C13H29N3O. The second-order valence-corrected chi connectivity index (χ2v) is 5.85. The van der Waals surface area contributed by atoms with E-state index in [1.165, 1.54) is 19.5 Å². The van der Waals surface area contributed by atoms with E-state index in [1.54, 1.807) is 0 Å². The number of rotatable bonds is 7. The van der Waals surface area contributed by atoms with Gasteiger partial charge in [-0.05, 0) is 33.0 Å². The van der Waals surface area contributed by atoms with Gasteiger partial charge < -0.3 is 20.2 Å². The molecule has 1 aliphatic rings. The molecule has 2 unspecified atom stereocenters. The highest BCUT2D eigenvalue weighted by atomic mass is 16.3. The number of aliphatic hydroxyl groups is 1. The molecule has 0 bridgehead atoms. The fourth-order valence-electron chi connectivity index (χ4n) is 2.49. The molecule has 0 radical (unpaired) electrons. The third-order valence-corrected chi connectivity index (χ3v) is 3.34. The van der Waals surface area contributed by atoms with Gasteiger partial charge in [0.15, 0.2) is 0 Å². The van der Waals surface area contributed by atoms with Gasteiger partial charge in [-0.1, -0.05) is 13.8 Å². The highest BCUT2D eigenvalue weighted by molar-refractivity contribution is 4.76. The summed E-state index contributed by atoms with van der Waals surface area (Å²) in [5, 5.41) is 13.1. The van der Waals surface area contributed by atoms with Gasteiger partial charge in [-0.3, -0.25) is 0 Å². The third-order valence-electron chi connectivity index (χ3n) is 3.34. The number of hydrogen-bond acceptors (Lipinski definition) is 4. The molecule has 0 spiro atoms. The maximum atomic E-state index is 9.88. The molecule has 0 aromatic carbocycles. The second kappa shape index (κ2) is 7.31. The van der Waals surface area contributed by atoms with Crippen LogP contribution in [0.15, 0.2) is 0 Å². The Kier molecular flexibility index (Phi) is 6.41. The van der Waals surface area contributed by atoms with Crippen molar-refractivity contribution in [3.63, 3.8) is 0 Å². The average molecular weight is 243 g/mol. The zero-order chi connectivity index (χ0) is 12.8. The maximum Gasteiger partial charge on any atom is 0.0791 e. The molecule has 4 nitrogen and oxygen atoms in total. The Hall–Kier alpha value is -0.160. The number of aliphatic hydroxyl groups excluding tert-OH is 1. The fraction of sp³-hybridized carbons (Fsp3) is 1.00. The van der Waals surface area contributed by atoms with Crippen molar-refractivity contribution in [1.29, 1.82) is 0 Å². The van der Waals surface area contributed by atoms with Crippen molar-refractivity contribution in [3.8, 4) is 0 Å². The topological polar surface area (TPSA) is 38.7 Å². The monoisotopic (exact) mass is 243 g/mol. The summed E-state index contributed by atoms with van der Waals surface area (Å²) >= 11 is 0. The van der Waals surface area contributed by atoms with Gasteiger partial charge in [-0.2, -0.15) is 0 Å². The van der Waals surface area contributed by atoms with Crippen LogP contribution in [0.4, 0.5) is 0 Å². The molecule has 1 fully saturated rings. The largest absolute Gasteiger partial charge is 0.390 e. The van der Waals surface area contributed by atoms with Crippen molar-refractivity contribution in [1.82, 2.24) is 15.1 Å². The van der Waals surface area contributed by atoms with Gasteiger partial charge in [-0.15, -0.1) is 0 Å². The van der Waals surface area contributed by atoms with Gasteiger partial charge in [0.1, 0.15) is 0 Å². The van der Waals surface area contributed by atoms with Crippen molar-refractivity contribution < 1.29 is 5.11 Å². The lowest BCUT2D eigenvalue weighted by atomic mass is 10.1. The predicted octanol–water partition coefficient (Wildman–Crippen LogP) is 0.229. The van der Waals surface area contributed by atoms with E-state index in [2.05, 4.69) is 43.1 Å². The molecule has 2 N–H and O–H groups in total. The summed E-state index contributed by atoms with van der Waals surface area (Å²) in [5.74, 6) is 0.773. The molecule has 0 saturated carbocycles. The minimum Gasteiger partial charge on any atom is -0.390 e. The van der Waals surface area contributed by atoms with Crippen molar-refractivity contribution in [2.75, 3.05) is 46.8 Å². The van der Waals surface area contributed by atoms with Crippen LogP contribution < -0.4 is 5.32 Å². The smallest absolute Gasteiger partial charge is 0.0791 e. The lowest BCUT2D eigenvalue weighted by Crippen LogP contribution is -2.40. The van der Waals surface area contributed by atoms with E-state index < -0.39 is 0 Å². The lowest BCUT2D eigenvalue weighted by Gasteiger charge is -2.24. The first kappa shape index (κ1) is 14.9. The van der Waals surface area contributed by atoms with Crippen LogP contribution in [0.5, 0.6) is 0 Å². The minimum atomic E-state index is -0.262. The summed E-state index contributed by atoms with van der Waals surface area (Å²) in [5.41, 5.74) is 0. The molecule has 0 aromatic rings. The van der Waals surface area contributed by atoms with Gasteiger partial charge in [-0.25, -0.2) is 0 Å². The summed E-state index contributed by atoms with van der Waals surface area (Å²) in [4.78, 5) is 4.64. The van der Waals surface area contributed by atoms with Gasteiger partial charge in [0.2, 0.25) is 0 Å². The molecular weight excluding hydrogens is 214 g/mol. The first-order valence-electron chi connectivity index (χ1n) is 6.76. The molecule has 1 rings (SSSR count). The van der Waals surface area contributed by atoms with Crippen LogP contribution >= 0.6 is 0 Å². The standard InChI is InChI=1S/C13H29N3O/c1-11(2)14-7-13(17)10-16(4)9-12-5-6-15(3)8-12/h11-14,17H,5-10H2,1-4H3. The summed E-state index contributed by atoms with van der Waals surface area (Å²) < 4.78 is 0. The zero-order valence-electron chi connectivity index (χ0n) is 11.8. The summed E-state index contributed by atoms with van der Waals surface area (Å²) in [6.07, 6.45) is 1.03. The Morgan fingerprint density at radius 1 is 1.47 bits per heavy atom. The zero-order valence-corrected chi connectivity index (χ0v) is 11.8. The van der Waals surface area contributed by atoms with E-state index in [-0.39, 0.29) is 6.10 Å². The molecule has 1 aliphatic heterocycles. The summed E-state index contributed by atoms with van der Waals surface area (Å²) in [7, 11) is 4.29. The maximum absolute atomic E-state index is 9.88. The van der Waals surface area contributed by atoms with Gasteiger partial charge in [0.05, 0.1) is 6.10 Å². The first-order chi connectivity index (χ1) is 7.97. The van der Waals surface area contributed by atoms with E-state index in [1.807, 2.05) is 0 Å². The number of hydrogen-bond donors (Lipinski definition) is 2. The highest BCUT2D eigenvalue weighted by Gasteiger charge is 2.21. The summed E-state index contributed by atoms with van der Waals surface area (Å²) in [6, 6.07) is 0.443. The molecule has 17 heavy (non-hydrogen) atoms. The fourth-order valence-corrected chi connectivity index (χ4v) is 2.49. The van der Waals surface area contributed by atoms with Crippen LogP contribution in [0, 0.1) is 5.92 Å². The molecule has 102 valence electrons. The predicted molar refractivity (Wildman–Crippen MR) is 72.2 cm³/mol. The van der Waals surface area contributed by atoms with Crippen molar-refractivity contribution in [2.24, 2.45) is 5.92 Å². The van der Waals surface area contributed by atoms with Crippen LogP contribution in [-0.4, -0.2) is 73.9 Å². The SMILES string of the molecule is CC(C)NCC(O)CN(C)CC1CCN(C)C1. The van der Waals surface area contributed by atoms with E-state index >= 15 is 0 Å². The number of likely N-dealkylation sites (N-methyl/N-ethyl adjacent to an activating group) is 1. The molecule has 1 saturated heterocycles. The Labute approximate surface area is 106 Å². The van der Waals surface area contributed by atoms with Crippen LogP contribution in [0.25, 0.3) is 0 Å². The molecule has 0 aliphatic carbocycles. The van der Waals surface area contributed by atoms with Gasteiger partial charge >= 0.3 is 0 Å². The van der Waals surface area contributed by atoms with Crippen molar-refractivity contribution >= 4 is 0 Å². The third kappa shape index (κ3) is 6.36. The van der Waals surface area contributed by atoms with E-state index in [4.69, 9.17) is 0 Å². The summed E-state index contributed by atoms with van der Waals surface area (Å²) in [6.45, 7) is 9.17. The number of nitrogens with one attached hydrogen (secondary N) is 1.